The Bertz CT molecular complexity index is 746. The normalized spacial score (nSPS) is 11.1. The molecule has 0 saturated carbocycles. The molecule has 0 saturated heterocycles. The Balaban J connectivity index is 2.26. The van der Waals surface area contributed by atoms with Crippen molar-refractivity contribution in [2.75, 3.05) is 5.73 Å². The van der Waals surface area contributed by atoms with Gasteiger partial charge in [-0.05, 0) is 64.9 Å². The van der Waals surface area contributed by atoms with Gasteiger partial charge >= 0.3 is 0 Å². The van der Waals surface area contributed by atoms with Crippen molar-refractivity contribution in [3.8, 4) is 5.69 Å². The first-order chi connectivity index (χ1) is 9.19. The van der Waals surface area contributed by atoms with Crippen LogP contribution in [0.1, 0.15) is 12.5 Å². The lowest BCUT2D eigenvalue weighted by Gasteiger charge is -2.08. The molecule has 96 valence electrons. The highest BCUT2D eigenvalue weighted by atomic mass is 127. The van der Waals surface area contributed by atoms with E-state index in [4.69, 9.17) is 5.73 Å². The number of nitrogens with two attached hydrogens (primary N) is 1. The van der Waals surface area contributed by atoms with Gasteiger partial charge < -0.3 is 5.73 Å². The van der Waals surface area contributed by atoms with Gasteiger partial charge in [-0.2, -0.15) is 0 Å². The number of imidazole rings is 1. The molecule has 0 radical (unpaired) electrons. The van der Waals surface area contributed by atoms with Crippen LogP contribution in [0, 0.1) is 3.57 Å². The standard InChI is InChI=1S/C15H14IN3/c1-2-10-4-3-5-12(8-10)19-14-7-6-11(16)9-13(14)18-15(19)17/h3-9H,2H2,1H3,(H2,17,18). The van der Waals surface area contributed by atoms with Crippen LogP contribution < -0.4 is 5.73 Å². The highest BCUT2D eigenvalue weighted by Crippen LogP contribution is 2.25. The number of hydrogen-bond acceptors (Lipinski definition) is 2. The van der Waals surface area contributed by atoms with E-state index < -0.39 is 0 Å². The molecule has 0 spiro atoms. The number of rotatable bonds is 2. The van der Waals surface area contributed by atoms with E-state index in [1.54, 1.807) is 0 Å². The van der Waals surface area contributed by atoms with Crippen LogP contribution in [-0.2, 0) is 6.42 Å². The molecule has 3 aromatic rings. The summed E-state index contributed by atoms with van der Waals surface area (Å²) in [5.41, 5.74) is 10.4. The van der Waals surface area contributed by atoms with Gasteiger partial charge in [0.2, 0.25) is 5.95 Å². The second kappa shape index (κ2) is 4.85. The maximum Gasteiger partial charge on any atom is 0.205 e. The Kier molecular flexibility index (Phi) is 3.18. The number of benzene rings is 2. The fourth-order valence-corrected chi connectivity index (χ4v) is 2.73. The first kappa shape index (κ1) is 12.5. The van der Waals surface area contributed by atoms with Crippen LogP contribution in [-0.4, -0.2) is 9.55 Å². The molecule has 4 heteroatoms. The summed E-state index contributed by atoms with van der Waals surface area (Å²) in [5.74, 6) is 0.533. The van der Waals surface area contributed by atoms with E-state index in [2.05, 4.69) is 70.9 Å². The maximum absolute atomic E-state index is 6.08. The lowest BCUT2D eigenvalue weighted by atomic mass is 10.1. The van der Waals surface area contributed by atoms with Gasteiger partial charge in [0.1, 0.15) is 0 Å². The molecule has 1 heterocycles. The summed E-state index contributed by atoms with van der Waals surface area (Å²) in [6.07, 6.45) is 1.01. The number of nitrogens with zero attached hydrogens (tertiary/aromatic N) is 2. The smallest absolute Gasteiger partial charge is 0.205 e. The summed E-state index contributed by atoms with van der Waals surface area (Å²) in [6, 6.07) is 14.6. The third-order valence-electron chi connectivity index (χ3n) is 3.22. The van der Waals surface area contributed by atoms with Crippen LogP contribution in [0.15, 0.2) is 42.5 Å². The van der Waals surface area contributed by atoms with Crippen molar-refractivity contribution in [1.82, 2.24) is 9.55 Å². The molecule has 0 aliphatic heterocycles. The Labute approximate surface area is 125 Å². The van der Waals surface area contributed by atoms with Crippen molar-refractivity contribution < 1.29 is 0 Å². The van der Waals surface area contributed by atoms with Crippen LogP contribution in [0.4, 0.5) is 5.95 Å². The van der Waals surface area contributed by atoms with Gasteiger partial charge in [0.25, 0.3) is 0 Å². The molecule has 2 aromatic carbocycles. The van der Waals surface area contributed by atoms with Crippen LogP contribution in [0.5, 0.6) is 0 Å². The molecule has 0 atom stereocenters. The zero-order valence-electron chi connectivity index (χ0n) is 10.6. The van der Waals surface area contributed by atoms with Crippen molar-refractivity contribution in [1.29, 1.82) is 0 Å². The molecular weight excluding hydrogens is 349 g/mol. The number of nitrogen functional groups attached to an aromatic ring is 1. The zero-order valence-corrected chi connectivity index (χ0v) is 12.8. The van der Waals surface area contributed by atoms with Crippen LogP contribution in [0.2, 0.25) is 0 Å². The zero-order chi connectivity index (χ0) is 13.4. The summed E-state index contributed by atoms with van der Waals surface area (Å²) in [7, 11) is 0. The van der Waals surface area contributed by atoms with Gasteiger partial charge in [0.15, 0.2) is 0 Å². The van der Waals surface area contributed by atoms with E-state index in [1.807, 2.05) is 10.6 Å². The van der Waals surface area contributed by atoms with Gasteiger partial charge in [-0.25, -0.2) is 4.98 Å². The first-order valence-corrected chi connectivity index (χ1v) is 7.29. The molecule has 0 fully saturated rings. The number of anilines is 1. The first-order valence-electron chi connectivity index (χ1n) is 6.22. The predicted molar refractivity (Wildman–Crippen MR) is 87.6 cm³/mol. The molecule has 0 bridgehead atoms. The lowest BCUT2D eigenvalue weighted by Crippen LogP contribution is -2.01. The number of aryl methyl sites for hydroxylation is 1. The van der Waals surface area contributed by atoms with Crippen molar-refractivity contribution >= 4 is 39.6 Å². The Hall–Kier alpha value is -1.56. The second-order valence-corrected chi connectivity index (χ2v) is 5.71. The average Bonchev–Trinajstić information content (AvgIpc) is 2.73. The number of aromatic nitrogens is 2. The molecule has 3 nitrogen and oxygen atoms in total. The van der Waals surface area contributed by atoms with Gasteiger partial charge in [-0.15, -0.1) is 0 Å². The predicted octanol–water partition coefficient (Wildman–Crippen LogP) is 3.77. The van der Waals surface area contributed by atoms with Crippen LogP contribution >= 0.6 is 22.6 Å². The molecule has 1 aromatic heterocycles. The highest BCUT2D eigenvalue weighted by Gasteiger charge is 2.10. The number of hydrogen-bond donors (Lipinski definition) is 1. The quantitative estimate of drug-likeness (QED) is 0.705. The molecule has 19 heavy (non-hydrogen) atoms. The minimum Gasteiger partial charge on any atom is -0.369 e. The SMILES string of the molecule is CCc1cccc(-n2c(N)nc3cc(I)ccc32)c1. The summed E-state index contributed by atoms with van der Waals surface area (Å²) < 4.78 is 3.17. The summed E-state index contributed by atoms with van der Waals surface area (Å²) >= 11 is 2.28. The van der Waals surface area contributed by atoms with Crippen molar-refractivity contribution in [2.24, 2.45) is 0 Å². The highest BCUT2D eigenvalue weighted by molar-refractivity contribution is 14.1. The number of fused-ring (bicyclic) bond motifs is 1. The van der Waals surface area contributed by atoms with E-state index in [0.717, 1.165) is 26.7 Å². The summed E-state index contributed by atoms with van der Waals surface area (Å²) in [5, 5.41) is 0. The summed E-state index contributed by atoms with van der Waals surface area (Å²) in [6.45, 7) is 2.15. The van der Waals surface area contributed by atoms with E-state index in [9.17, 15) is 0 Å². The minimum atomic E-state index is 0.533. The van der Waals surface area contributed by atoms with Gasteiger partial charge in [0.05, 0.1) is 11.0 Å². The summed E-state index contributed by atoms with van der Waals surface area (Å²) in [4.78, 5) is 4.44. The Morgan fingerprint density at radius 2 is 2.05 bits per heavy atom. The van der Waals surface area contributed by atoms with Crippen molar-refractivity contribution in [3.05, 3.63) is 51.6 Å². The molecule has 2 N–H and O–H groups in total. The van der Waals surface area contributed by atoms with Gasteiger partial charge in [0, 0.05) is 9.26 Å². The molecule has 0 unspecified atom stereocenters. The average molecular weight is 363 g/mol. The van der Waals surface area contributed by atoms with Crippen LogP contribution in [0.25, 0.3) is 16.7 Å². The third-order valence-corrected chi connectivity index (χ3v) is 3.89. The van der Waals surface area contributed by atoms with Gasteiger partial charge in [-0.1, -0.05) is 19.1 Å². The van der Waals surface area contributed by atoms with E-state index >= 15 is 0 Å². The molecule has 0 aliphatic carbocycles. The lowest BCUT2D eigenvalue weighted by molar-refractivity contribution is 1.08. The van der Waals surface area contributed by atoms with Crippen molar-refractivity contribution in [2.45, 2.75) is 13.3 Å². The minimum absolute atomic E-state index is 0.533. The van der Waals surface area contributed by atoms with Crippen molar-refractivity contribution in [3.63, 3.8) is 0 Å². The largest absolute Gasteiger partial charge is 0.369 e. The monoisotopic (exact) mass is 363 g/mol. The van der Waals surface area contributed by atoms with Crippen LogP contribution in [0.3, 0.4) is 0 Å². The molecule has 3 rings (SSSR count). The molecular formula is C15H14IN3. The third kappa shape index (κ3) is 2.20. The van der Waals surface area contributed by atoms with E-state index in [0.29, 0.717) is 5.95 Å². The van der Waals surface area contributed by atoms with E-state index in [1.165, 1.54) is 5.56 Å². The number of halogens is 1. The Morgan fingerprint density at radius 3 is 2.84 bits per heavy atom. The second-order valence-electron chi connectivity index (χ2n) is 4.46. The molecule has 0 amide bonds. The van der Waals surface area contributed by atoms with E-state index in [-0.39, 0.29) is 0 Å². The van der Waals surface area contributed by atoms with Gasteiger partial charge in [-0.3, -0.25) is 4.57 Å². The topological polar surface area (TPSA) is 43.8 Å². The maximum atomic E-state index is 6.08. The molecule has 0 aliphatic rings. The fourth-order valence-electron chi connectivity index (χ4n) is 2.26. The Morgan fingerprint density at radius 1 is 1.21 bits per heavy atom. The fraction of sp³-hybridized carbons (Fsp3) is 0.133.